The van der Waals surface area contributed by atoms with Crippen LogP contribution < -0.4 is 10.6 Å². The van der Waals surface area contributed by atoms with E-state index in [1.54, 1.807) is 0 Å². The molecule has 20 heavy (non-hydrogen) atoms. The molecule has 1 fully saturated rings. The SMILES string of the molecule is CC(C)(NC(=O)C1CCNCC1)c1cccc(Cl)c1.Cl. The molecule has 0 radical (unpaired) electrons. The van der Waals surface area contributed by atoms with Gasteiger partial charge < -0.3 is 10.6 Å². The van der Waals surface area contributed by atoms with Crippen LogP contribution in [0.15, 0.2) is 24.3 Å². The molecule has 112 valence electrons. The third kappa shape index (κ3) is 4.37. The highest BCUT2D eigenvalue weighted by molar-refractivity contribution is 6.30. The van der Waals surface area contributed by atoms with Gasteiger partial charge in [0.1, 0.15) is 0 Å². The molecule has 0 spiro atoms. The second kappa shape index (κ2) is 7.30. The first-order valence-corrected chi connectivity index (χ1v) is 7.15. The normalized spacial score (nSPS) is 16.4. The van der Waals surface area contributed by atoms with Crippen molar-refractivity contribution in [1.29, 1.82) is 0 Å². The summed E-state index contributed by atoms with van der Waals surface area (Å²) in [6.07, 6.45) is 1.83. The van der Waals surface area contributed by atoms with Gasteiger partial charge in [-0.25, -0.2) is 0 Å². The number of rotatable bonds is 3. The average Bonchev–Trinajstić information content (AvgIpc) is 2.39. The summed E-state index contributed by atoms with van der Waals surface area (Å²) in [5, 5.41) is 7.11. The van der Waals surface area contributed by atoms with Gasteiger partial charge in [-0.1, -0.05) is 23.7 Å². The molecule has 1 aromatic carbocycles. The van der Waals surface area contributed by atoms with E-state index in [0.717, 1.165) is 31.5 Å². The Morgan fingerprint density at radius 2 is 2.00 bits per heavy atom. The van der Waals surface area contributed by atoms with E-state index in [9.17, 15) is 4.79 Å². The van der Waals surface area contributed by atoms with Crippen LogP contribution in [0.3, 0.4) is 0 Å². The second-order valence-corrected chi connectivity index (χ2v) is 6.09. The number of halogens is 2. The fourth-order valence-electron chi connectivity index (χ4n) is 2.44. The largest absolute Gasteiger partial charge is 0.347 e. The van der Waals surface area contributed by atoms with Crippen molar-refractivity contribution in [3.63, 3.8) is 0 Å². The molecule has 0 saturated carbocycles. The Bertz CT molecular complexity index is 457. The molecule has 1 aromatic rings. The summed E-state index contributed by atoms with van der Waals surface area (Å²) in [6.45, 7) is 5.88. The van der Waals surface area contributed by atoms with Gasteiger partial charge in [-0.15, -0.1) is 12.4 Å². The molecule has 3 nitrogen and oxygen atoms in total. The maximum absolute atomic E-state index is 12.3. The highest BCUT2D eigenvalue weighted by Crippen LogP contribution is 2.24. The highest BCUT2D eigenvalue weighted by Gasteiger charge is 2.28. The van der Waals surface area contributed by atoms with Crippen LogP contribution in [-0.2, 0) is 10.3 Å². The summed E-state index contributed by atoms with van der Waals surface area (Å²) in [4.78, 5) is 12.3. The molecule has 0 aromatic heterocycles. The summed E-state index contributed by atoms with van der Waals surface area (Å²) in [5.41, 5.74) is 0.634. The number of amides is 1. The van der Waals surface area contributed by atoms with E-state index in [0.29, 0.717) is 5.02 Å². The molecule has 2 rings (SSSR count). The van der Waals surface area contributed by atoms with Gasteiger partial charge in [0, 0.05) is 10.9 Å². The number of hydrogen-bond acceptors (Lipinski definition) is 2. The standard InChI is InChI=1S/C15H21ClN2O.ClH/c1-15(2,12-4-3-5-13(16)10-12)18-14(19)11-6-8-17-9-7-11;/h3-5,10-11,17H,6-9H2,1-2H3,(H,18,19);1H. The lowest BCUT2D eigenvalue weighted by Gasteiger charge is -2.31. The number of nitrogens with one attached hydrogen (secondary N) is 2. The molecular formula is C15H22Cl2N2O. The first-order chi connectivity index (χ1) is 8.99. The van der Waals surface area contributed by atoms with Gasteiger partial charge >= 0.3 is 0 Å². The molecule has 0 atom stereocenters. The third-order valence-electron chi connectivity index (χ3n) is 3.69. The Morgan fingerprint density at radius 3 is 2.60 bits per heavy atom. The zero-order valence-corrected chi connectivity index (χ0v) is 13.5. The van der Waals surface area contributed by atoms with E-state index in [1.807, 2.05) is 38.1 Å². The average molecular weight is 317 g/mol. The quantitative estimate of drug-likeness (QED) is 0.899. The molecular weight excluding hydrogens is 295 g/mol. The predicted octanol–water partition coefficient (Wildman–Crippen LogP) is 3.11. The summed E-state index contributed by atoms with van der Waals surface area (Å²) in [7, 11) is 0. The number of carbonyl (C=O) groups excluding carboxylic acids is 1. The molecule has 5 heteroatoms. The van der Waals surface area contributed by atoms with Crippen LogP contribution in [0.1, 0.15) is 32.3 Å². The lowest BCUT2D eigenvalue weighted by molar-refractivity contribution is -0.127. The third-order valence-corrected chi connectivity index (χ3v) is 3.93. The summed E-state index contributed by atoms with van der Waals surface area (Å²) < 4.78 is 0. The molecule has 0 bridgehead atoms. The van der Waals surface area contributed by atoms with E-state index in [4.69, 9.17) is 11.6 Å². The number of hydrogen-bond donors (Lipinski definition) is 2. The summed E-state index contributed by atoms with van der Waals surface area (Å²) in [6, 6.07) is 7.66. The van der Waals surface area contributed by atoms with Crippen LogP contribution in [0.4, 0.5) is 0 Å². The zero-order valence-electron chi connectivity index (χ0n) is 11.9. The lowest BCUT2D eigenvalue weighted by Crippen LogP contribution is -2.46. The van der Waals surface area contributed by atoms with Crippen LogP contribution >= 0.6 is 24.0 Å². The van der Waals surface area contributed by atoms with Crippen LogP contribution in [0.2, 0.25) is 5.02 Å². The second-order valence-electron chi connectivity index (χ2n) is 5.65. The molecule has 1 amide bonds. The van der Waals surface area contributed by atoms with Crippen molar-refractivity contribution in [2.75, 3.05) is 13.1 Å². The molecule has 2 N–H and O–H groups in total. The van der Waals surface area contributed by atoms with Crippen LogP contribution in [-0.4, -0.2) is 19.0 Å². The van der Waals surface area contributed by atoms with E-state index >= 15 is 0 Å². The predicted molar refractivity (Wildman–Crippen MR) is 85.5 cm³/mol. The lowest BCUT2D eigenvalue weighted by atomic mass is 9.91. The van der Waals surface area contributed by atoms with E-state index in [1.165, 1.54) is 0 Å². The monoisotopic (exact) mass is 316 g/mol. The minimum absolute atomic E-state index is 0. The van der Waals surface area contributed by atoms with Gasteiger partial charge in [-0.3, -0.25) is 4.79 Å². The minimum atomic E-state index is -0.396. The van der Waals surface area contributed by atoms with Crippen molar-refractivity contribution in [3.05, 3.63) is 34.9 Å². The first-order valence-electron chi connectivity index (χ1n) is 6.78. The van der Waals surface area contributed by atoms with Crippen molar-refractivity contribution in [2.45, 2.75) is 32.2 Å². The van der Waals surface area contributed by atoms with Crippen molar-refractivity contribution >= 4 is 29.9 Å². The van der Waals surface area contributed by atoms with E-state index in [-0.39, 0.29) is 24.2 Å². The van der Waals surface area contributed by atoms with Crippen LogP contribution in [0, 0.1) is 5.92 Å². The topological polar surface area (TPSA) is 41.1 Å². The molecule has 1 aliphatic rings. The Balaban J connectivity index is 0.00000200. The van der Waals surface area contributed by atoms with Gasteiger partial charge in [0.15, 0.2) is 0 Å². The Morgan fingerprint density at radius 1 is 1.35 bits per heavy atom. The number of carbonyl (C=O) groups is 1. The zero-order chi connectivity index (χ0) is 13.9. The highest BCUT2D eigenvalue weighted by atomic mass is 35.5. The Labute approximate surface area is 131 Å². The molecule has 1 saturated heterocycles. The van der Waals surface area contributed by atoms with Gasteiger partial charge in [0.25, 0.3) is 0 Å². The van der Waals surface area contributed by atoms with Crippen LogP contribution in [0.25, 0.3) is 0 Å². The molecule has 0 unspecified atom stereocenters. The maximum atomic E-state index is 12.3. The molecule has 1 heterocycles. The van der Waals surface area contributed by atoms with Crippen molar-refractivity contribution < 1.29 is 4.79 Å². The fourth-order valence-corrected chi connectivity index (χ4v) is 2.63. The van der Waals surface area contributed by atoms with Crippen LogP contribution in [0.5, 0.6) is 0 Å². The fraction of sp³-hybridized carbons (Fsp3) is 0.533. The minimum Gasteiger partial charge on any atom is -0.347 e. The van der Waals surface area contributed by atoms with E-state index < -0.39 is 5.54 Å². The maximum Gasteiger partial charge on any atom is 0.223 e. The summed E-state index contributed by atoms with van der Waals surface area (Å²) >= 11 is 6.02. The Kier molecular flexibility index (Phi) is 6.31. The smallest absolute Gasteiger partial charge is 0.223 e. The molecule has 1 aliphatic heterocycles. The van der Waals surface area contributed by atoms with Crippen molar-refractivity contribution in [3.8, 4) is 0 Å². The Hall–Kier alpha value is -0.770. The summed E-state index contributed by atoms with van der Waals surface area (Å²) in [5.74, 6) is 0.270. The van der Waals surface area contributed by atoms with Crippen molar-refractivity contribution in [2.24, 2.45) is 5.92 Å². The number of benzene rings is 1. The van der Waals surface area contributed by atoms with Gasteiger partial charge in [0.2, 0.25) is 5.91 Å². The molecule has 0 aliphatic carbocycles. The van der Waals surface area contributed by atoms with Gasteiger partial charge in [-0.2, -0.15) is 0 Å². The van der Waals surface area contributed by atoms with Crippen molar-refractivity contribution in [1.82, 2.24) is 10.6 Å². The van der Waals surface area contributed by atoms with Gasteiger partial charge in [-0.05, 0) is 57.5 Å². The van der Waals surface area contributed by atoms with E-state index in [2.05, 4.69) is 10.6 Å². The first kappa shape index (κ1) is 17.3. The van der Waals surface area contributed by atoms with Gasteiger partial charge in [0.05, 0.1) is 5.54 Å². The number of piperidine rings is 1.